The molecule has 0 bridgehead atoms. The van der Waals surface area contributed by atoms with Crippen LogP contribution in [0.4, 0.5) is 5.82 Å². The largest absolute Gasteiger partial charge is 0.304 e. The quantitative estimate of drug-likeness (QED) is 0.498. The van der Waals surface area contributed by atoms with Crippen LogP contribution in [-0.2, 0) is 6.54 Å². The predicted molar refractivity (Wildman–Crippen MR) is 114 cm³/mol. The summed E-state index contributed by atoms with van der Waals surface area (Å²) in [4.78, 5) is 12.6. The molecule has 0 saturated carbocycles. The molecule has 0 radical (unpaired) electrons. The molecule has 146 valence electrons. The molecule has 0 atom stereocenters. The number of carbonyl (C=O) groups is 1. The Morgan fingerprint density at radius 3 is 2.52 bits per heavy atom. The van der Waals surface area contributed by atoms with E-state index >= 15 is 0 Å². The highest BCUT2D eigenvalue weighted by Gasteiger charge is 2.14. The van der Waals surface area contributed by atoms with Crippen LogP contribution in [0.15, 0.2) is 60.7 Å². The summed E-state index contributed by atoms with van der Waals surface area (Å²) in [6.07, 6.45) is 0. The fourth-order valence-electron chi connectivity index (χ4n) is 2.99. The van der Waals surface area contributed by atoms with E-state index in [1.165, 1.54) is 5.56 Å². The van der Waals surface area contributed by atoms with Crippen molar-refractivity contribution in [1.29, 1.82) is 0 Å². The van der Waals surface area contributed by atoms with Crippen molar-refractivity contribution in [3.8, 4) is 11.3 Å². The lowest BCUT2D eigenvalue weighted by molar-refractivity contribution is 0.102. The van der Waals surface area contributed by atoms with Crippen molar-refractivity contribution >= 4 is 23.3 Å². The third kappa shape index (κ3) is 4.38. The van der Waals surface area contributed by atoms with Gasteiger partial charge in [-0.25, -0.2) is 0 Å². The zero-order valence-corrected chi connectivity index (χ0v) is 16.9. The summed E-state index contributed by atoms with van der Waals surface area (Å²) in [5.74, 6) is 0.208. The Balaban J connectivity index is 1.46. The van der Waals surface area contributed by atoms with E-state index in [4.69, 9.17) is 11.6 Å². The lowest BCUT2D eigenvalue weighted by Gasteiger charge is -2.04. The monoisotopic (exact) mass is 405 g/mol. The van der Waals surface area contributed by atoms with Crippen LogP contribution in [0.5, 0.6) is 0 Å². The molecule has 0 unspecified atom stereocenters. The maximum absolute atomic E-state index is 12.6. The number of hydrogen-bond donors (Lipinski definition) is 2. The number of aryl methyl sites for hydroxylation is 2. The van der Waals surface area contributed by atoms with Crippen molar-refractivity contribution in [1.82, 2.24) is 20.0 Å². The number of halogens is 1. The SMILES string of the molecule is Cc1ccc(-c2cc(C(=O)Nc3cc(C)n(Cc4ccc(Cl)cc4)n3)[nH]n2)cc1. The summed E-state index contributed by atoms with van der Waals surface area (Å²) in [6, 6.07) is 19.2. The minimum absolute atomic E-state index is 0.285. The number of benzene rings is 2. The van der Waals surface area contributed by atoms with Crippen LogP contribution < -0.4 is 5.32 Å². The second-order valence-corrected chi connectivity index (χ2v) is 7.38. The van der Waals surface area contributed by atoms with Gasteiger partial charge in [-0.05, 0) is 37.6 Å². The third-order valence-corrected chi connectivity index (χ3v) is 4.89. The summed E-state index contributed by atoms with van der Waals surface area (Å²) < 4.78 is 1.84. The van der Waals surface area contributed by atoms with Crippen molar-refractivity contribution in [2.24, 2.45) is 0 Å². The molecule has 0 aliphatic carbocycles. The number of carbonyl (C=O) groups excluding carboxylic acids is 1. The third-order valence-electron chi connectivity index (χ3n) is 4.64. The van der Waals surface area contributed by atoms with Gasteiger partial charge in [-0.1, -0.05) is 53.6 Å². The smallest absolute Gasteiger partial charge is 0.274 e. The van der Waals surface area contributed by atoms with Gasteiger partial charge < -0.3 is 5.32 Å². The van der Waals surface area contributed by atoms with Crippen LogP contribution in [0.1, 0.15) is 27.3 Å². The van der Waals surface area contributed by atoms with Crippen molar-refractivity contribution in [3.63, 3.8) is 0 Å². The van der Waals surface area contributed by atoms with Crippen molar-refractivity contribution in [2.75, 3.05) is 5.32 Å². The Kier molecular flexibility index (Phi) is 5.18. The molecule has 0 spiro atoms. The van der Waals surface area contributed by atoms with Gasteiger partial charge in [0.2, 0.25) is 0 Å². The predicted octanol–water partition coefficient (Wildman–Crippen LogP) is 4.84. The number of H-pyrrole nitrogens is 1. The zero-order valence-electron chi connectivity index (χ0n) is 16.1. The lowest BCUT2D eigenvalue weighted by Crippen LogP contribution is -2.13. The summed E-state index contributed by atoms with van der Waals surface area (Å²) in [6.45, 7) is 4.58. The molecule has 2 aromatic heterocycles. The number of nitrogens with one attached hydrogen (secondary N) is 2. The van der Waals surface area contributed by atoms with Gasteiger partial charge in [0.15, 0.2) is 5.82 Å². The number of rotatable bonds is 5. The molecule has 0 aliphatic rings. The second kappa shape index (κ2) is 7.93. The van der Waals surface area contributed by atoms with Gasteiger partial charge in [-0.3, -0.25) is 14.6 Å². The average Bonchev–Trinajstić information content (AvgIpc) is 3.32. The molecular weight excluding hydrogens is 386 g/mol. The van der Waals surface area contributed by atoms with Gasteiger partial charge in [0.1, 0.15) is 5.69 Å². The van der Waals surface area contributed by atoms with Crippen LogP contribution in [-0.4, -0.2) is 25.9 Å². The van der Waals surface area contributed by atoms with Gasteiger partial charge >= 0.3 is 0 Å². The van der Waals surface area contributed by atoms with E-state index in [2.05, 4.69) is 20.6 Å². The van der Waals surface area contributed by atoms with Crippen LogP contribution in [0, 0.1) is 13.8 Å². The van der Waals surface area contributed by atoms with Crippen LogP contribution in [0.25, 0.3) is 11.3 Å². The number of aromatic nitrogens is 4. The molecule has 0 saturated heterocycles. The van der Waals surface area contributed by atoms with Crippen molar-refractivity contribution in [2.45, 2.75) is 20.4 Å². The van der Waals surface area contributed by atoms with Crippen LogP contribution >= 0.6 is 11.6 Å². The van der Waals surface area contributed by atoms with Gasteiger partial charge in [-0.15, -0.1) is 0 Å². The van der Waals surface area contributed by atoms with E-state index in [1.807, 2.05) is 73.1 Å². The fourth-order valence-corrected chi connectivity index (χ4v) is 3.11. The molecule has 0 aliphatic heterocycles. The first-order valence-corrected chi connectivity index (χ1v) is 9.58. The fraction of sp³-hybridized carbons (Fsp3) is 0.136. The van der Waals surface area contributed by atoms with E-state index in [1.54, 1.807) is 6.07 Å². The Morgan fingerprint density at radius 2 is 1.79 bits per heavy atom. The maximum atomic E-state index is 12.6. The summed E-state index contributed by atoms with van der Waals surface area (Å²) >= 11 is 5.94. The summed E-state index contributed by atoms with van der Waals surface area (Å²) in [7, 11) is 0. The van der Waals surface area contributed by atoms with Crippen molar-refractivity contribution in [3.05, 3.63) is 88.2 Å². The average molecular weight is 406 g/mol. The number of hydrogen-bond acceptors (Lipinski definition) is 3. The number of anilines is 1. The molecule has 7 heteroatoms. The van der Waals surface area contributed by atoms with Gasteiger partial charge in [0, 0.05) is 22.3 Å². The molecule has 2 aromatic carbocycles. The Labute approximate surface area is 173 Å². The second-order valence-electron chi connectivity index (χ2n) is 6.94. The standard InChI is InChI=1S/C22H20ClN5O/c1-14-3-7-17(8-4-14)19-12-20(26-25-19)22(29)24-21-11-15(2)28(27-21)13-16-5-9-18(23)10-6-16/h3-12H,13H2,1-2H3,(H,25,26)(H,24,27,29). The van der Waals surface area contributed by atoms with Gasteiger partial charge in [0.25, 0.3) is 5.91 Å². The van der Waals surface area contributed by atoms with E-state index < -0.39 is 0 Å². The van der Waals surface area contributed by atoms with E-state index in [9.17, 15) is 4.79 Å². The highest BCUT2D eigenvalue weighted by molar-refractivity contribution is 6.30. The zero-order chi connectivity index (χ0) is 20.4. The van der Waals surface area contributed by atoms with E-state index in [0.717, 1.165) is 22.5 Å². The van der Waals surface area contributed by atoms with Gasteiger partial charge in [0.05, 0.1) is 12.2 Å². The molecule has 29 heavy (non-hydrogen) atoms. The van der Waals surface area contributed by atoms with Crippen LogP contribution in [0.2, 0.25) is 5.02 Å². The minimum Gasteiger partial charge on any atom is -0.304 e. The first-order chi connectivity index (χ1) is 14.0. The molecule has 6 nitrogen and oxygen atoms in total. The molecule has 0 fully saturated rings. The Morgan fingerprint density at radius 1 is 1.07 bits per heavy atom. The molecular formula is C22H20ClN5O. The van der Waals surface area contributed by atoms with E-state index in [0.29, 0.717) is 23.1 Å². The summed E-state index contributed by atoms with van der Waals surface area (Å²) in [5, 5.41) is 15.0. The van der Waals surface area contributed by atoms with Crippen molar-refractivity contribution < 1.29 is 4.79 Å². The lowest BCUT2D eigenvalue weighted by atomic mass is 10.1. The normalized spacial score (nSPS) is 10.9. The number of aromatic amines is 1. The number of amides is 1. The first kappa shape index (κ1) is 19.0. The summed E-state index contributed by atoms with van der Waals surface area (Å²) in [5.41, 5.74) is 5.25. The topological polar surface area (TPSA) is 75.6 Å². The molecule has 4 aromatic rings. The highest BCUT2D eigenvalue weighted by Crippen LogP contribution is 2.19. The van der Waals surface area contributed by atoms with Crippen LogP contribution in [0.3, 0.4) is 0 Å². The van der Waals surface area contributed by atoms with Gasteiger partial charge in [-0.2, -0.15) is 10.2 Å². The minimum atomic E-state index is -0.285. The molecule has 2 heterocycles. The van der Waals surface area contributed by atoms with E-state index in [-0.39, 0.29) is 5.91 Å². The molecule has 2 N–H and O–H groups in total. The first-order valence-electron chi connectivity index (χ1n) is 9.20. The molecule has 1 amide bonds. The Hall–Kier alpha value is -3.38. The highest BCUT2D eigenvalue weighted by atomic mass is 35.5. The maximum Gasteiger partial charge on any atom is 0.274 e. The number of nitrogens with zero attached hydrogens (tertiary/aromatic N) is 3. The Bertz CT molecular complexity index is 1140. The molecule has 4 rings (SSSR count).